The number of hydrogen-bond donors (Lipinski definition) is 1. The maximum absolute atomic E-state index is 12.4. The van der Waals surface area contributed by atoms with Gasteiger partial charge in [-0.25, -0.2) is 0 Å². The minimum atomic E-state index is -1.10. The molecule has 0 aromatic heterocycles. The summed E-state index contributed by atoms with van der Waals surface area (Å²) >= 11 is 0. The van der Waals surface area contributed by atoms with Crippen LogP contribution in [0.1, 0.15) is 46.5 Å². The van der Waals surface area contributed by atoms with Gasteiger partial charge in [-0.15, -0.1) is 0 Å². The summed E-state index contributed by atoms with van der Waals surface area (Å²) < 4.78 is 4.97. The Morgan fingerprint density at radius 3 is 2.45 bits per heavy atom. The van der Waals surface area contributed by atoms with Crippen molar-refractivity contribution < 1.29 is 19.4 Å². The highest BCUT2D eigenvalue weighted by atomic mass is 16.5. The summed E-state index contributed by atoms with van der Waals surface area (Å²) in [7, 11) is 0. The van der Waals surface area contributed by atoms with Crippen molar-refractivity contribution in [2.24, 2.45) is 5.41 Å². The van der Waals surface area contributed by atoms with Gasteiger partial charge in [-0.2, -0.15) is 0 Å². The first kappa shape index (κ1) is 17.1. The minimum absolute atomic E-state index is 0.110. The predicted molar refractivity (Wildman–Crippen MR) is 76.3 cm³/mol. The van der Waals surface area contributed by atoms with Crippen molar-refractivity contribution in [3.63, 3.8) is 0 Å². The molecule has 0 aromatic carbocycles. The number of Topliss-reactive ketones (excluding diaryl/α,β-unsaturated/α-hetero) is 1. The summed E-state index contributed by atoms with van der Waals surface area (Å²) in [5.41, 5.74) is -1.10. The molecule has 0 unspecified atom stereocenters. The quantitative estimate of drug-likeness (QED) is 0.512. The van der Waals surface area contributed by atoms with Crippen molar-refractivity contribution >= 4 is 11.8 Å². The first-order valence-corrected chi connectivity index (χ1v) is 7.49. The monoisotopic (exact) mass is 285 g/mol. The molecule has 116 valence electrons. The highest BCUT2D eigenvalue weighted by Crippen LogP contribution is 2.27. The van der Waals surface area contributed by atoms with E-state index in [0.29, 0.717) is 19.0 Å². The predicted octanol–water partition coefficient (Wildman–Crippen LogP) is 1.38. The molecular weight excluding hydrogens is 258 g/mol. The smallest absolute Gasteiger partial charge is 0.319 e. The second kappa shape index (κ2) is 7.74. The van der Waals surface area contributed by atoms with Crippen LogP contribution in [0.3, 0.4) is 0 Å². The number of hydrogen-bond acceptors (Lipinski definition) is 5. The van der Waals surface area contributed by atoms with Crippen LogP contribution < -0.4 is 0 Å². The summed E-state index contributed by atoms with van der Waals surface area (Å²) in [6.45, 7) is 6.35. The molecule has 20 heavy (non-hydrogen) atoms. The Kier molecular flexibility index (Phi) is 6.62. The fourth-order valence-electron chi connectivity index (χ4n) is 2.22. The van der Waals surface area contributed by atoms with Crippen LogP contribution in [0.5, 0.6) is 0 Å². The fourth-order valence-corrected chi connectivity index (χ4v) is 2.22. The summed E-state index contributed by atoms with van der Waals surface area (Å²) in [5, 5.41) is 8.95. The standard InChI is InChI=1S/C15H27NO4/c1-4-20-14(19)15(2,3)13(18)11-16(9-6-10-17)12-7-5-8-12/h12,17H,4-11H2,1-3H3. The van der Waals surface area contributed by atoms with E-state index in [1.165, 1.54) is 6.42 Å². The molecule has 1 fully saturated rings. The third kappa shape index (κ3) is 4.28. The van der Waals surface area contributed by atoms with Crippen molar-refractivity contribution in [1.29, 1.82) is 0 Å². The lowest BCUT2D eigenvalue weighted by Gasteiger charge is -2.38. The van der Waals surface area contributed by atoms with Gasteiger partial charge in [-0.1, -0.05) is 6.42 Å². The number of ether oxygens (including phenoxy) is 1. The third-order valence-electron chi connectivity index (χ3n) is 4.02. The number of ketones is 1. The van der Waals surface area contributed by atoms with Gasteiger partial charge in [0, 0.05) is 19.2 Å². The average molecular weight is 285 g/mol. The SMILES string of the molecule is CCOC(=O)C(C)(C)C(=O)CN(CCCO)C1CCC1. The maximum Gasteiger partial charge on any atom is 0.319 e. The lowest BCUT2D eigenvalue weighted by molar-refractivity contribution is -0.158. The molecule has 0 amide bonds. The van der Waals surface area contributed by atoms with Crippen molar-refractivity contribution in [1.82, 2.24) is 4.90 Å². The number of carbonyl (C=O) groups excluding carboxylic acids is 2. The van der Waals surface area contributed by atoms with Crippen LogP contribution in [0.25, 0.3) is 0 Å². The molecule has 0 aliphatic heterocycles. The molecule has 0 spiro atoms. The zero-order chi connectivity index (χ0) is 15.2. The van der Waals surface area contributed by atoms with Crippen molar-refractivity contribution in [3.8, 4) is 0 Å². The van der Waals surface area contributed by atoms with E-state index in [2.05, 4.69) is 4.90 Å². The molecule has 0 aromatic rings. The highest BCUT2D eigenvalue weighted by Gasteiger charge is 2.39. The van der Waals surface area contributed by atoms with E-state index in [1.54, 1.807) is 20.8 Å². The Hall–Kier alpha value is -0.940. The highest BCUT2D eigenvalue weighted by molar-refractivity contribution is 6.03. The van der Waals surface area contributed by atoms with Gasteiger partial charge in [0.2, 0.25) is 0 Å². The van der Waals surface area contributed by atoms with Crippen molar-refractivity contribution in [2.45, 2.75) is 52.5 Å². The van der Waals surface area contributed by atoms with Crippen LogP contribution in [0, 0.1) is 5.41 Å². The molecule has 1 N–H and O–H groups in total. The number of aliphatic hydroxyl groups excluding tert-OH is 1. The number of carbonyl (C=O) groups is 2. The second-order valence-electron chi connectivity index (χ2n) is 5.90. The lowest BCUT2D eigenvalue weighted by Crippen LogP contribution is -2.48. The lowest BCUT2D eigenvalue weighted by atomic mass is 9.86. The van der Waals surface area contributed by atoms with Crippen LogP contribution >= 0.6 is 0 Å². The Balaban J connectivity index is 2.61. The van der Waals surface area contributed by atoms with E-state index in [9.17, 15) is 9.59 Å². The summed E-state index contributed by atoms with van der Waals surface area (Å²) in [6, 6.07) is 0.420. The Morgan fingerprint density at radius 1 is 1.35 bits per heavy atom. The first-order valence-electron chi connectivity index (χ1n) is 7.49. The van der Waals surface area contributed by atoms with Gasteiger partial charge in [0.05, 0.1) is 13.2 Å². The van der Waals surface area contributed by atoms with Crippen LogP contribution in [-0.2, 0) is 14.3 Å². The van der Waals surface area contributed by atoms with Gasteiger partial charge in [-0.3, -0.25) is 14.5 Å². The first-order chi connectivity index (χ1) is 9.43. The number of rotatable bonds is 9. The molecule has 0 heterocycles. The minimum Gasteiger partial charge on any atom is -0.465 e. The summed E-state index contributed by atoms with van der Waals surface area (Å²) in [6.07, 6.45) is 4.04. The number of aliphatic hydroxyl groups is 1. The molecule has 5 nitrogen and oxygen atoms in total. The largest absolute Gasteiger partial charge is 0.465 e. The van der Waals surface area contributed by atoms with E-state index in [-0.39, 0.29) is 25.5 Å². The van der Waals surface area contributed by atoms with Gasteiger partial charge in [0.1, 0.15) is 5.41 Å². The number of nitrogens with zero attached hydrogens (tertiary/aromatic N) is 1. The van der Waals surface area contributed by atoms with Crippen molar-refractivity contribution in [3.05, 3.63) is 0 Å². The van der Waals surface area contributed by atoms with E-state index in [1.807, 2.05) is 0 Å². The van der Waals surface area contributed by atoms with Gasteiger partial charge in [-0.05, 0) is 40.0 Å². The molecule has 0 radical (unpaired) electrons. The van der Waals surface area contributed by atoms with E-state index >= 15 is 0 Å². The normalized spacial score (nSPS) is 16.1. The molecule has 5 heteroatoms. The molecule has 0 bridgehead atoms. The van der Waals surface area contributed by atoms with Crippen LogP contribution in [-0.4, -0.2) is 54.1 Å². The zero-order valence-corrected chi connectivity index (χ0v) is 12.9. The Labute approximate surface area is 121 Å². The third-order valence-corrected chi connectivity index (χ3v) is 4.02. The van der Waals surface area contributed by atoms with Gasteiger partial charge >= 0.3 is 5.97 Å². The molecule has 1 aliphatic rings. The van der Waals surface area contributed by atoms with E-state index in [4.69, 9.17) is 9.84 Å². The molecule has 1 aliphatic carbocycles. The topological polar surface area (TPSA) is 66.8 Å². The molecule has 0 saturated heterocycles. The molecular formula is C15H27NO4. The van der Waals surface area contributed by atoms with Crippen molar-refractivity contribution in [2.75, 3.05) is 26.3 Å². The van der Waals surface area contributed by atoms with Crippen LogP contribution in [0.4, 0.5) is 0 Å². The zero-order valence-electron chi connectivity index (χ0n) is 12.9. The maximum atomic E-state index is 12.4. The number of esters is 1. The molecule has 0 atom stereocenters. The van der Waals surface area contributed by atoms with Crippen LogP contribution in [0.2, 0.25) is 0 Å². The Bertz CT molecular complexity index is 337. The summed E-state index contributed by atoms with van der Waals surface area (Å²) in [4.78, 5) is 26.3. The van der Waals surface area contributed by atoms with E-state index < -0.39 is 11.4 Å². The van der Waals surface area contributed by atoms with Gasteiger partial charge < -0.3 is 9.84 Å². The van der Waals surface area contributed by atoms with Gasteiger partial charge in [0.25, 0.3) is 0 Å². The van der Waals surface area contributed by atoms with E-state index in [0.717, 1.165) is 12.8 Å². The molecule has 1 saturated carbocycles. The molecule has 1 rings (SSSR count). The fraction of sp³-hybridized carbons (Fsp3) is 0.867. The van der Waals surface area contributed by atoms with Gasteiger partial charge in [0.15, 0.2) is 5.78 Å². The summed E-state index contributed by atoms with van der Waals surface area (Å²) in [5.74, 6) is -0.568. The Morgan fingerprint density at radius 2 is 2.00 bits per heavy atom. The second-order valence-corrected chi connectivity index (χ2v) is 5.90. The average Bonchev–Trinajstić information content (AvgIpc) is 2.33. The van der Waals surface area contributed by atoms with Crippen LogP contribution in [0.15, 0.2) is 0 Å².